The molecule has 0 saturated carbocycles. The summed E-state index contributed by atoms with van der Waals surface area (Å²) in [5, 5.41) is 16.2. The van der Waals surface area contributed by atoms with E-state index in [0.717, 1.165) is 14.4 Å². The van der Waals surface area contributed by atoms with E-state index in [0.29, 0.717) is 22.7 Å². The minimum Gasteiger partial charge on any atom is -0.420 e. The van der Waals surface area contributed by atoms with Gasteiger partial charge >= 0.3 is 0 Å². The zero-order valence-electron chi connectivity index (χ0n) is 9.99. The first kappa shape index (κ1) is 13.5. The number of rotatable bonds is 4. The fourth-order valence-electron chi connectivity index (χ4n) is 1.46. The van der Waals surface area contributed by atoms with Crippen LogP contribution in [0.1, 0.15) is 5.89 Å². The van der Waals surface area contributed by atoms with Crippen molar-refractivity contribution in [1.82, 2.24) is 20.4 Å². The third-order valence-corrected chi connectivity index (χ3v) is 4.87. The fraction of sp³-hybridized carbons (Fsp3) is 0.0909. The number of nitrogens with zero attached hydrogens (tertiary/aromatic N) is 4. The van der Waals surface area contributed by atoms with Crippen LogP contribution in [-0.2, 0) is 5.75 Å². The molecule has 0 spiro atoms. The second-order valence-electron chi connectivity index (χ2n) is 3.68. The third-order valence-electron chi connectivity index (χ3n) is 2.31. The van der Waals surface area contributed by atoms with E-state index in [-0.39, 0.29) is 0 Å². The SMILES string of the molecule is Nc1nnc(SCc2nnc(-c3ccccc3Br)o2)s1. The van der Waals surface area contributed by atoms with Crippen molar-refractivity contribution >= 4 is 44.2 Å². The second kappa shape index (κ2) is 5.90. The normalized spacial score (nSPS) is 10.8. The van der Waals surface area contributed by atoms with Gasteiger partial charge in [-0.15, -0.1) is 20.4 Å². The summed E-state index contributed by atoms with van der Waals surface area (Å²) < 4.78 is 7.33. The predicted octanol–water partition coefficient (Wildman–Crippen LogP) is 3.23. The molecular formula is C11H8BrN5OS2. The molecule has 0 aliphatic carbocycles. The Labute approximate surface area is 130 Å². The third kappa shape index (κ3) is 3.00. The molecule has 2 heterocycles. The van der Waals surface area contributed by atoms with Gasteiger partial charge in [-0.05, 0) is 28.1 Å². The first-order valence-electron chi connectivity index (χ1n) is 5.51. The summed E-state index contributed by atoms with van der Waals surface area (Å²) in [6, 6.07) is 7.70. The van der Waals surface area contributed by atoms with Crippen LogP contribution in [0, 0.1) is 0 Å². The Morgan fingerprint density at radius 1 is 1.20 bits per heavy atom. The van der Waals surface area contributed by atoms with Gasteiger partial charge < -0.3 is 10.2 Å². The molecule has 0 saturated heterocycles. The molecule has 0 aliphatic rings. The van der Waals surface area contributed by atoms with Crippen molar-refractivity contribution in [3.8, 4) is 11.5 Å². The highest BCUT2D eigenvalue weighted by molar-refractivity contribution is 9.10. The van der Waals surface area contributed by atoms with Gasteiger partial charge in [0.25, 0.3) is 0 Å². The number of hydrogen-bond donors (Lipinski definition) is 1. The van der Waals surface area contributed by atoms with E-state index in [1.54, 1.807) is 0 Å². The van der Waals surface area contributed by atoms with E-state index in [1.807, 2.05) is 24.3 Å². The standard InChI is InChI=1S/C11H8BrN5OS2/c12-7-4-2-1-3-6(7)9-15-14-8(18-9)5-19-11-17-16-10(13)20-11/h1-4H,5H2,(H2,13,16). The molecule has 0 aliphatic heterocycles. The second-order valence-corrected chi connectivity index (χ2v) is 6.76. The van der Waals surface area contributed by atoms with Crippen LogP contribution in [0.4, 0.5) is 5.13 Å². The molecule has 102 valence electrons. The van der Waals surface area contributed by atoms with Crippen LogP contribution in [0.5, 0.6) is 0 Å². The van der Waals surface area contributed by atoms with Crippen LogP contribution in [0.3, 0.4) is 0 Å². The van der Waals surface area contributed by atoms with Gasteiger partial charge in [-0.2, -0.15) is 0 Å². The highest BCUT2D eigenvalue weighted by Gasteiger charge is 2.12. The highest BCUT2D eigenvalue weighted by atomic mass is 79.9. The number of anilines is 1. The summed E-state index contributed by atoms with van der Waals surface area (Å²) in [6.07, 6.45) is 0. The van der Waals surface area contributed by atoms with Crippen molar-refractivity contribution in [2.75, 3.05) is 5.73 Å². The molecule has 6 nitrogen and oxygen atoms in total. The Hall–Kier alpha value is -1.45. The average Bonchev–Trinajstić information content (AvgIpc) is 3.06. The molecule has 9 heteroatoms. The van der Waals surface area contributed by atoms with E-state index in [4.69, 9.17) is 10.2 Å². The molecule has 0 atom stereocenters. The fourth-order valence-corrected chi connectivity index (χ4v) is 3.38. The van der Waals surface area contributed by atoms with Crippen LogP contribution >= 0.6 is 39.0 Å². The van der Waals surface area contributed by atoms with Gasteiger partial charge in [0, 0.05) is 4.47 Å². The summed E-state index contributed by atoms with van der Waals surface area (Å²) in [5.41, 5.74) is 6.39. The molecule has 0 radical (unpaired) electrons. The van der Waals surface area contributed by atoms with Crippen LogP contribution in [0.25, 0.3) is 11.5 Å². The maximum absolute atomic E-state index is 5.63. The Balaban J connectivity index is 1.72. The quantitative estimate of drug-likeness (QED) is 0.705. The molecule has 2 N–H and O–H groups in total. The number of aromatic nitrogens is 4. The van der Waals surface area contributed by atoms with Gasteiger partial charge in [0.05, 0.1) is 11.3 Å². The lowest BCUT2D eigenvalue weighted by atomic mass is 10.2. The minimum absolute atomic E-state index is 0.451. The molecule has 2 aromatic heterocycles. The summed E-state index contributed by atoms with van der Waals surface area (Å²) in [7, 11) is 0. The first-order valence-corrected chi connectivity index (χ1v) is 8.11. The zero-order chi connectivity index (χ0) is 13.9. The number of thioether (sulfide) groups is 1. The van der Waals surface area contributed by atoms with Crippen LogP contribution in [0.15, 0.2) is 37.5 Å². The average molecular weight is 370 g/mol. The van der Waals surface area contributed by atoms with Gasteiger partial charge in [0.1, 0.15) is 0 Å². The molecular weight excluding hydrogens is 362 g/mol. The predicted molar refractivity (Wildman–Crippen MR) is 81.3 cm³/mol. The largest absolute Gasteiger partial charge is 0.420 e. The van der Waals surface area contributed by atoms with E-state index in [1.165, 1.54) is 23.1 Å². The van der Waals surface area contributed by atoms with Crippen LogP contribution in [-0.4, -0.2) is 20.4 Å². The maximum atomic E-state index is 5.63. The molecule has 0 unspecified atom stereocenters. The monoisotopic (exact) mass is 369 g/mol. The van der Waals surface area contributed by atoms with Crippen molar-refractivity contribution in [1.29, 1.82) is 0 Å². The van der Waals surface area contributed by atoms with E-state index < -0.39 is 0 Å². The Morgan fingerprint density at radius 3 is 2.80 bits per heavy atom. The number of hydrogen-bond acceptors (Lipinski definition) is 8. The lowest BCUT2D eigenvalue weighted by Gasteiger charge is -1.97. The van der Waals surface area contributed by atoms with E-state index in [2.05, 4.69) is 36.3 Å². The number of halogens is 1. The zero-order valence-corrected chi connectivity index (χ0v) is 13.2. The number of nitrogens with two attached hydrogens (primary N) is 1. The first-order chi connectivity index (χ1) is 9.72. The summed E-state index contributed by atoms with van der Waals surface area (Å²) in [5.74, 6) is 1.56. The summed E-state index contributed by atoms with van der Waals surface area (Å²) >= 11 is 6.26. The van der Waals surface area contributed by atoms with Gasteiger partial charge in [0.2, 0.25) is 16.9 Å². The smallest absolute Gasteiger partial charge is 0.248 e. The van der Waals surface area contributed by atoms with Gasteiger partial charge in [-0.25, -0.2) is 0 Å². The van der Waals surface area contributed by atoms with Gasteiger partial charge in [-0.1, -0.05) is 35.2 Å². The Morgan fingerprint density at radius 2 is 2.05 bits per heavy atom. The highest BCUT2D eigenvalue weighted by Crippen LogP contribution is 2.29. The summed E-state index contributed by atoms with van der Waals surface area (Å²) in [4.78, 5) is 0. The molecule has 0 bridgehead atoms. The molecule has 0 fully saturated rings. The van der Waals surface area contributed by atoms with Gasteiger partial charge in [0.15, 0.2) is 4.34 Å². The summed E-state index contributed by atoms with van der Waals surface area (Å²) in [6.45, 7) is 0. The maximum Gasteiger partial charge on any atom is 0.248 e. The van der Waals surface area contributed by atoms with Gasteiger partial charge in [-0.3, -0.25) is 0 Å². The number of nitrogen functional groups attached to an aromatic ring is 1. The van der Waals surface area contributed by atoms with Crippen LogP contribution < -0.4 is 5.73 Å². The van der Waals surface area contributed by atoms with Crippen molar-refractivity contribution in [3.05, 3.63) is 34.6 Å². The Bertz CT molecular complexity index is 729. The van der Waals surface area contributed by atoms with E-state index in [9.17, 15) is 0 Å². The molecule has 0 amide bonds. The number of benzene rings is 1. The lowest BCUT2D eigenvalue weighted by molar-refractivity contribution is 0.528. The molecule has 3 aromatic rings. The topological polar surface area (TPSA) is 90.7 Å². The van der Waals surface area contributed by atoms with Crippen LogP contribution in [0.2, 0.25) is 0 Å². The Kier molecular flexibility index (Phi) is 3.99. The van der Waals surface area contributed by atoms with Crippen molar-refractivity contribution in [2.24, 2.45) is 0 Å². The minimum atomic E-state index is 0.451. The molecule has 1 aromatic carbocycles. The van der Waals surface area contributed by atoms with E-state index >= 15 is 0 Å². The lowest BCUT2D eigenvalue weighted by Crippen LogP contribution is -1.80. The van der Waals surface area contributed by atoms with Crippen molar-refractivity contribution in [3.63, 3.8) is 0 Å². The van der Waals surface area contributed by atoms with Crippen molar-refractivity contribution in [2.45, 2.75) is 10.1 Å². The molecule has 20 heavy (non-hydrogen) atoms. The van der Waals surface area contributed by atoms with Crippen molar-refractivity contribution < 1.29 is 4.42 Å². The molecule has 3 rings (SSSR count).